The summed E-state index contributed by atoms with van der Waals surface area (Å²) in [5.41, 5.74) is 4.47. The first-order valence-electron chi connectivity index (χ1n) is 5.50. The van der Waals surface area contributed by atoms with E-state index < -0.39 is 0 Å². The molecule has 3 nitrogen and oxygen atoms in total. The van der Waals surface area contributed by atoms with Crippen molar-refractivity contribution in [1.29, 1.82) is 0 Å². The molecule has 3 heterocycles. The van der Waals surface area contributed by atoms with Crippen LogP contribution in [-0.2, 0) is 7.05 Å². The Kier molecular flexibility index (Phi) is 2.26. The predicted octanol–water partition coefficient (Wildman–Crippen LogP) is 3.31. The zero-order valence-corrected chi connectivity index (χ0v) is 10.9. The summed E-state index contributed by atoms with van der Waals surface area (Å²) in [6.07, 6.45) is 3.88. The van der Waals surface area contributed by atoms with Crippen molar-refractivity contribution < 1.29 is 0 Å². The van der Waals surface area contributed by atoms with E-state index in [2.05, 4.69) is 30.4 Å². The highest BCUT2D eigenvalue weighted by atomic mass is 32.1. The number of rotatable bonds is 1. The van der Waals surface area contributed by atoms with Gasteiger partial charge in [-0.2, -0.15) is 5.10 Å². The summed E-state index contributed by atoms with van der Waals surface area (Å²) in [6, 6.07) is 2.14. The molecule has 3 aromatic heterocycles. The Hall–Kier alpha value is -1.68. The molecule has 17 heavy (non-hydrogen) atoms. The van der Waals surface area contributed by atoms with Crippen molar-refractivity contribution in [1.82, 2.24) is 14.8 Å². The lowest BCUT2D eigenvalue weighted by Gasteiger charge is -2.06. The van der Waals surface area contributed by atoms with Crippen molar-refractivity contribution in [2.75, 3.05) is 0 Å². The molecule has 3 aromatic rings. The zero-order chi connectivity index (χ0) is 12.0. The maximum absolute atomic E-state index is 4.71. The molecule has 4 heteroatoms. The number of aromatic nitrogens is 3. The average molecular weight is 243 g/mol. The lowest BCUT2D eigenvalue weighted by molar-refractivity contribution is 0.768. The van der Waals surface area contributed by atoms with Crippen LogP contribution >= 0.6 is 11.3 Å². The van der Waals surface area contributed by atoms with Gasteiger partial charge in [-0.3, -0.25) is 9.67 Å². The van der Waals surface area contributed by atoms with Gasteiger partial charge in [0.05, 0.1) is 11.9 Å². The molecule has 0 N–H and O–H groups in total. The van der Waals surface area contributed by atoms with E-state index in [4.69, 9.17) is 4.98 Å². The fourth-order valence-corrected chi connectivity index (χ4v) is 3.08. The first-order valence-corrected chi connectivity index (χ1v) is 6.38. The summed E-state index contributed by atoms with van der Waals surface area (Å²) in [5, 5.41) is 7.60. The highest BCUT2D eigenvalue weighted by Gasteiger charge is 2.12. The molecule has 0 bridgehead atoms. The molecule has 0 atom stereocenters. The summed E-state index contributed by atoms with van der Waals surface area (Å²) in [4.78, 5) is 4.71. The van der Waals surface area contributed by atoms with Gasteiger partial charge in [-0.25, -0.2) is 0 Å². The van der Waals surface area contributed by atoms with Crippen molar-refractivity contribution in [3.05, 3.63) is 35.1 Å². The van der Waals surface area contributed by atoms with E-state index in [1.165, 1.54) is 15.6 Å². The van der Waals surface area contributed by atoms with E-state index in [-0.39, 0.29) is 0 Å². The minimum absolute atomic E-state index is 1.05. The monoisotopic (exact) mass is 243 g/mol. The highest BCUT2D eigenvalue weighted by molar-refractivity contribution is 7.17. The van der Waals surface area contributed by atoms with E-state index in [9.17, 15) is 0 Å². The van der Waals surface area contributed by atoms with E-state index in [0.717, 1.165) is 17.0 Å². The second-order valence-corrected chi connectivity index (χ2v) is 5.15. The maximum Gasteiger partial charge on any atom is 0.0780 e. The Morgan fingerprint density at radius 1 is 1.29 bits per heavy atom. The zero-order valence-electron chi connectivity index (χ0n) is 10.1. The maximum atomic E-state index is 4.71. The van der Waals surface area contributed by atoms with Gasteiger partial charge in [-0.1, -0.05) is 0 Å². The predicted molar refractivity (Wildman–Crippen MR) is 71.3 cm³/mol. The molecule has 86 valence electrons. The Balaban J connectivity index is 2.33. The number of nitrogens with zero attached hydrogens (tertiary/aromatic N) is 3. The van der Waals surface area contributed by atoms with Crippen molar-refractivity contribution in [2.24, 2.45) is 7.05 Å². The highest BCUT2D eigenvalue weighted by Crippen LogP contribution is 2.32. The van der Waals surface area contributed by atoms with Gasteiger partial charge in [0.1, 0.15) is 0 Å². The van der Waals surface area contributed by atoms with E-state index >= 15 is 0 Å². The molecule has 0 spiro atoms. The molecular weight excluding hydrogens is 230 g/mol. The van der Waals surface area contributed by atoms with Crippen molar-refractivity contribution in [2.45, 2.75) is 13.8 Å². The molecular formula is C13H13N3S. The molecule has 0 fully saturated rings. The molecule has 3 rings (SSSR count). The molecule has 0 saturated carbocycles. The van der Waals surface area contributed by atoms with E-state index in [1.807, 2.05) is 24.1 Å². The van der Waals surface area contributed by atoms with Crippen LogP contribution in [0.25, 0.3) is 21.3 Å². The molecule has 0 aliphatic heterocycles. The quantitative estimate of drug-likeness (QED) is 0.656. The molecule has 0 radical (unpaired) electrons. The number of aryl methyl sites for hydroxylation is 3. The van der Waals surface area contributed by atoms with Crippen molar-refractivity contribution in [3.8, 4) is 11.3 Å². The van der Waals surface area contributed by atoms with Gasteiger partial charge in [0.15, 0.2) is 0 Å². The first-order chi connectivity index (χ1) is 8.16. The largest absolute Gasteiger partial charge is 0.275 e. The van der Waals surface area contributed by atoms with E-state index in [0.29, 0.717) is 0 Å². The third-order valence-corrected chi connectivity index (χ3v) is 4.04. The SMILES string of the molecule is Cc1nc(-c2cnn(C)c2)c(C)c2sccc12. The Morgan fingerprint density at radius 2 is 2.12 bits per heavy atom. The van der Waals surface area contributed by atoms with Gasteiger partial charge >= 0.3 is 0 Å². The average Bonchev–Trinajstić information content (AvgIpc) is 2.91. The molecule has 0 aliphatic carbocycles. The first kappa shape index (κ1) is 10.5. The summed E-state index contributed by atoms with van der Waals surface area (Å²) in [5.74, 6) is 0. The van der Waals surface area contributed by atoms with Crippen LogP contribution in [-0.4, -0.2) is 14.8 Å². The van der Waals surface area contributed by atoms with Crippen molar-refractivity contribution in [3.63, 3.8) is 0 Å². The molecule has 0 aromatic carbocycles. The number of pyridine rings is 1. The minimum Gasteiger partial charge on any atom is -0.275 e. The number of hydrogen-bond acceptors (Lipinski definition) is 3. The second kappa shape index (κ2) is 3.67. The summed E-state index contributed by atoms with van der Waals surface area (Å²) in [6.45, 7) is 4.20. The van der Waals surface area contributed by atoms with Gasteiger partial charge in [0, 0.05) is 34.6 Å². The molecule has 0 amide bonds. The fraction of sp³-hybridized carbons (Fsp3) is 0.231. The van der Waals surface area contributed by atoms with Crippen LogP contribution in [0.15, 0.2) is 23.8 Å². The van der Waals surface area contributed by atoms with Crippen LogP contribution in [0.5, 0.6) is 0 Å². The van der Waals surface area contributed by atoms with Gasteiger partial charge in [0.25, 0.3) is 0 Å². The van der Waals surface area contributed by atoms with Crippen LogP contribution in [0.2, 0.25) is 0 Å². The number of fused-ring (bicyclic) bond motifs is 1. The Labute approximate surface area is 104 Å². The topological polar surface area (TPSA) is 30.7 Å². The van der Waals surface area contributed by atoms with Crippen LogP contribution in [0.3, 0.4) is 0 Å². The van der Waals surface area contributed by atoms with Crippen LogP contribution in [0, 0.1) is 13.8 Å². The summed E-state index contributed by atoms with van der Waals surface area (Å²) >= 11 is 1.78. The summed E-state index contributed by atoms with van der Waals surface area (Å²) < 4.78 is 3.14. The van der Waals surface area contributed by atoms with Crippen LogP contribution in [0.4, 0.5) is 0 Å². The third-order valence-electron chi connectivity index (χ3n) is 3.01. The standard InChI is InChI=1S/C13H13N3S/c1-8-12(10-6-14-16(3)7-10)15-9(2)11-4-5-17-13(8)11/h4-7H,1-3H3. The smallest absolute Gasteiger partial charge is 0.0780 e. The van der Waals surface area contributed by atoms with Crippen molar-refractivity contribution >= 4 is 21.4 Å². The lowest BCUT2D eigenvalue weighted by atomic mass is 10.1. The van der Waals surface area contributed by atoms with E-state index in [1.54, 1.807) is 11.3 Å². The molecule has 0 saturated heterocycles. The van der Waals surface area contributed by atoms with Gasteiger partial charge in [-0.15, -0.1) is 11.3 Å². The van der Waals surface area contributed by atoms with Gasteiger partial charge < -0.3 is 0 Å². The van der Waals surface area contributed by atoms with Gasteiger partial charge in [0.2, 0.25) is 0 Å². The van der Waals surface area contributed by atoms with Crippen LogP contribution in [0.1, 0.15) is 11.3 Å². The Bertz CT molecular complexity index is 694. The second-order valence-electron chi connectivity index (χ2n) is 4.24. The summed E-state index contributed by atoms with van der Waals surface area (Å²) in [7, 11) is 1.93. The molecule has 0 unspecified atom stereocenters. The normalized spacial score (nSPS) is 11.2. The minimum atomic E-state index is 1.05. The Morgan fingerprint density at radius 3 is 2.82 bits per heavy atom. The van der Waals surface area contributed by atoms with Crippen LogP contribution < -0.4 is 0 Å². The number of thiophene rings is 1. The third kappa shape index (κ3) is 1.56. The number of hydrogen-bond donors (Lipinski definition) is 0. The lowest BCUT2D eigenvalue weighted by Crippen LogP contribution is -1.91. The molecule has 0 aliphatic rings. The van der Waals surface area contributed by atoms with Gasteiger partial charge in [-0.05, 0) is 30.9 Å². The fourth-order valence-electron chi connectivity index (χ4n) is 2.13.